The molecule has 1 aliphatic rings. The van der Waals surface area contributed by atoms with E-state index in [1.165, 1.54) is 0 Å². The zero-order valence-electron chi connectivity index (χ0n) is 17.4. The normalized spacial score (nSPS) is 17.0. The summed E-state index contributed by atoms with van der Waals surface area (Å²) in [5.41, 5.74) is 2.55. The number of pyridine rings is 1. The van der Waals surface area contributed by atoms with E-state index in [9.17, 15) is 9.59 Å². The molecule has 31 heavy (non-hydrogen) atoms. The summed E-state index contributed by atoms with van der Waals surface area (Å²) in [4.78, 5) is 32.1. The lowest BCUT2D eigenvalue weighted by Gasteiger charge is -2.32. The number of carbonyl (C=O) groups is 2. The van der Waals surface area contributed by atoms with Crippen molar-refractivity contribution in [2.24, 2.45) is 5.92 Å². The molecule has 4 rings (SSSR count). The van der Waals surface area contributed by atoms with Crippen LogP contribution >= 0.6 is 0 Å². The molecule has 3 aromatic rings. The second-order valence-corrected chi connectivity index (χ2v) is 7.82. The zero-order valence-corrected chi connectivity index (χ0v) is 17.4. The molecule has 1 amide bonds. The summed E-state index contributed by atoms with van der Waals surface area (Å²) in [5.74, 6) is -0.562. The van der Waals surface area contributed by atoms with Gasteiger partial charge in [-0.2, -0.15) is 0 Å². The summed E-state index contributed by atoms with van der Waals surface area (Å²) in [5, 5.41) is 0. The molecular weight excluding hydrogens is 388 g/mol. The molecule has 2 aromatic carbocycles. The molecule has 2 atom stereocenters. The van der Waals surface area contributed by atoms with Crippen LogP contribution in [0.4, 0.5) is 0 Å². The smallest absolute Gasteiger partial charge is 0.311 e. The van der Waals surface area contributed by atoms with Crippen LogP contribution in [0.15, 0.2) is 85.1 Å². The quantitative estimate of drug-likeness (QED) is 0.568. The van der Waals surface area contributed by atoms with Gasteiger partial charge in [-0.25, -0.2) is 0 Å². The van der Waals surface area contributed by atoms with Gasteiger partial charge in [-0.15, -0.1) is 0 Å². The van der Waals surface area contributed by atoms with Gasteiger partial charge >= 0.3 is 5.97 Å². The second kappa shape index (κ2) is 10.0. The van der Waals surface area contributed by atoms with Crippen LogP contribution in [-0.2, 0) is 20.7 Å². The number of esters is 1. The van der Waals surface area contributed by atoms with Crippen LogP contribution in [0.1, 0.15) is 35.8 Å². The number of nitrogens with zero attached hydrogens (tertiary/aromatic N) is 2. The molecule has 158 valence electrons. The molecule has 0 spiro atoms. The lowest BCUT2D eigenvalue weighted by atomic mass is 9.97. The van der Waals surface area contributed by atoms with Crippen molar-refractivity contribution in [1.29, 1.82) is 0 Å². The Balaban J connectivity index is 1.44. The lowest BCUT2D eigenvalue weighted by Crippen LogP contribution is -2.43. The van der Waals surface area contributed by atoms with Crippen LogP contribution < -0.4 is 0 Å². The molecule has 5 heteroatoms. The van der Waals surface area contributed by atoms with Crippen molar-refractivity contribution in [2.75, 3.05) is 13.1 Å². The molecule has 0 saturated carbocycles. The molecule has 0 radical (unpaired) electrons. The Hall–Kier alpha value is -3.47. The molecule has 1 aromatic heterocycles. The highest BCUT2D eigenvalue weighted by atomic mass is 16.5. The van der Waals surface area contributed by atoms with Crippen LogP contribution in [-0.4, -0.2) is 34.8 Å². The van der Waals surface area contributed by atoms with E-state index in [-0.39, 0.29) is 17.8 Å². The van der Waals surface area contributed by atoms with Gasteiger partial charge in [0.15, 0.2) is 6.10 Å². The molecule has 1 saturated heterocycles. The first-order chi connectivity index (χ1) is 15.2. The van der Waals surface area contributed by atoms with Gasteiger partial charge in [-0.1, -0.05) is 66.7 Å². The second-order valence-electron chi connectivity index (χ2n) is 7.82. The van der Waals surface area contributed by atoms with E-state index in [2.05, 4.69) is 4.98 Å². The summed E-state index contributed by atoms with van der Waals surface area (Å²) < 4.78 is 5.97. The fourth-order valence-electron chi connectivity index (χ4n) is 3.95. The van der Waals surface area contributed by atoms with Gasteiger partial charge in [-0.3, -0.25) is 14.6 Å². The van der Waals surface area contributed by atoms with Crippen molar-refractivity contribution < 1.29 is 14.3 Å². The van der Waals surface area contributed by atoms with E-state index in [0.29, 0.717) is 25.2 Å². The SMILES string of the molecule is O=C(O[C@H](c1ccccc1)c1ccccn1)[C@H]1CCCN(C(=O)Cc2ccccc2)C1. The molecule has 0 unspecified atom stereocenters. The summed E-state index contributed by atoms with van der Waals surface area (Å²) in [6.07, 6.45) is 3.00. The highest BCUT2D eigenvalue weighted by Crippen LogP contribution is 2.27. The standard InChI is InChI=1S/C26H26N2O3/c29-24(18-20-10-3-1-4-11-20)28-17-9-14-22(19-28)26(30)31-25(21-12-5-2-6-13-21)23-15-7-8-16-27-23/h1-8,10-13,15-16,22,25H,9,14,17-19H2/t22-,25+/m0/s1. The van der Waals surface area contributed by atoms with Gasteiger partial charge in [-0.05, 0) is 36.1 Å². The fraction of sp³-hybridized carbons (Fsp3) is 0.269. The van der Waals surface area contributed by atoms with Crippen LogP contribution in [0.5, 0.6) is 0 Å². The number of rotatable bonds is 6. The Bertz CT molecular complexity index is 953. The third-order valence-electron chi connectivity index (χ3n) is 5.60. The van der Waals surface area contributed by atoms with Crippen molar-refractivity contribution in [3.8, 4) is 0 Å². The average molecular weight is 415 g/mol. The fourth-order valence-corrected chi connectivity index (χ4v) is 3.95. The molecule has 0 N–H and O–H groups in total. The minimum atomic E-state index is -0.565. The minimum Gasteiger partial charge on any atom is -0.451 e. The summed E-state index contributed by atoms with van der Waals surface area (Å²) in [7, 11) is 0. The van der Waals surface area contributed by atoms with Crippen LogP contribution in [0.2, 0.25) is 0 Å². The molecular formula is C26H26N2O3. The van der Waals surface area contributed by atoms with Crippen LogP contribution in [0.25, 0.3) is 0 Å². The third kappa shape index (κ3) is 5.37. The Morgan fingerprint density at radius 3 is 2.39 bits per heavy atom. The van der Waals surface area contributed by atoms with Gasteiger partial charge < -0.3 is 9.64 Å². The lowest BCUT2D eigenvalue weighted by molar-refractivity contribution is -0.155. The maximum absolute atomic E-state index is 13.1. The average Bonchev–Trinajstić information content (AvgIpc) is 2.84. The summed E-state index contributed by atoms with van der Waals surface area (Å²) in [6, 6.07) is 24.9. The van der Waals surface area contributed by atoms with Gasteiger partial charge in [0.2, 0.25) is 5.91 Å². The Labute approximate surface area is 182 Å². The van der Waals surface area contributed by atoms with Gasteiger partial charge in [0, 0.05) is 19.3 Å². The van der Waals surface area contributed by atoms with Crippen molar-refractivity contribution in [2.45, 2.75) is 25.4 Å². The van der Waals surface area contributed by atoms with Crippen molar-refractivity contribution in [3.05, 3.63) is 102 Å². The van der Waals surface area contributed by atoms with Crippen molar-refractivity contribution in [1.82, 2.24) is 9.88 Å². The number of likely N-dealkylation sites (tertiary alicyclic amines) is 1. The van der Waals surface area contributed by atoms with E-state index >= 15 is 0 Å². The number of hydrogen-bond acceptors (Lipinski definition) is 4. The molecule has 2 heterocycles. The number of aromatic nitrogens is 1. The first-order valence-corrected chi connectivity index (χ1v) is 10.7. The highest BCUT2D eigenvalue weighted by Gasteiger charge is 2.32. The van der Waals surface area contributed by atoms with E-state index < -0.39 is 6.10 Å². The molecule has 1 aliphatic heterocycles. The van der Waals surface area contributed by atoms with Crippen molar-refractivity contribution >= 4 is 11.9 Å². The van der Waals surface area contributed by atoms with Gasteiger partial charge in [0.25, 0.3) is 0 Å². The Kier molecular flexibility index (Phi) is 6.72. The maximum Gasteiger partial charge on any atom is 0.311 e. The minimum absolute atomic E-state index is 0.0491. The van der Waals surface area contributed by atoms with E-state index in [1.54, 1.807) is 11.1 Å². The summed E-state index contributed by atoms with van der Waals surface area (Å²) >= 11 is 0. The predicted molar refractivity (Wildman–Crippen MR) is 118 cm³/mol. The first-order valence-electron chi connectivity index (χ1n) is 10.7. The number of hydrogen-bond donors (Lipinski definition) is 0. The van der Waals surface area contributed by atoms with Gasteiger partial charge in [0.05, 0.1) is 18.0 Å². The van der Waals surface area contributed by atoms with E-state index in [4.69, 9.17) is 4.74 Å². The maximum atomic E-state index is 13.1. The Morgan fingerprint density at radius 1 is 0.968 bits per heavy atom. The monoisotopic (exact) mass is 414 g/mol. The molecule has 5 nitrogen and oxygen atoms in total. The van der Waals surface area contributed by atoms with Crippen LogP contribution in [0, 0.1) is 5.92 Å². The zero-order chi connectivity index (χ0) is 21.5. The van der Waals surface area contributed by atoms with Gasteiger partial charge in [0.1, 0.15) is 0 Å². The van der Waals surface area contributed by atoms with E-state index in [0.717, 1.165) is 24.0 Å². The topological polar surface area (TPSA) is 59.5 Å². The predicted octanol–water partition coefficient (Wildman–Crippen LogP) is 4.20. The number of piperidine rings is 1. The largest absolute Gasteiger partial charge is 0.451 e. The number of benzene rings is 2. The summed E-state index contributed by atoms with van der Waals surface area (Å²) in [6.45, 7) is 1.08. The third-order valence-corrected chi connectivity index (χ3v) is 5.60. The number of amides is 1. The molecule has 0 aliphatic carbocycles. The molecule has 0 bridgehead atoms. The highest BCUT2D eigenvalue weighted by molar-refractivity contribution is 5.80. The van der Waals surface area contributed by atoms with Crippen LogP contribution in [0.3, 0.4) is 0 Å². The first kappa shape index (κ1) is 20.8. The van der Waals surface area contributed by atoms with E-state index in [1.807, 2.05) is 78.9 Å². The Morgan fingerprint density at radius 2 is 1.68 bits per heavy atom. The number of ether oxygens (including phenoxy) is 1. The van der Waals surface area contributed by atoms with Crippen molar-refractivity contribution in [3.63, 3.8) is 0 Å². The molecule has 1 fully saturated rings. The number of carbonyl (C=O) groups excluding carboxylic acids is 2.